The number of fused-ring (bicyclic) bond motifs is 3. The van der Waals surface area contributed by atoms with Crippen LogP contribution < -0.4 is 25.4 Å². The van der Waals surface area contributed by atoms with Crippen molar-refractivity contribution in [1.29, 1.82) is 0 Å². The minimum atomic E-state index is -0.248. The number of nitrogens with one attached hydrogen (secondary N) is 3. The van der Waals surface area contributed by atoms with Crippen LogP contribution in [0.5, 0.6) is 11.5 Å². The summed E-state index contributed by atoms with van der Waals surface area (Å²) in [6.45, 7) is 9.04. The van der Waals surface area contributed by atoms with E-state index in [4.69, 9.17) is 14.5 Å². The van der Waals surface area contributed by atoms with E-state index >= 15 is 0 Å². The van der Waals surface area contributed by atoms with Gasteiger partial charge in [0.1, 0.15) is 5.82 Å². The normalized spacial score (nSPS) is 11.5. The molecule has 2 aromatic heterocycles. The maximum atomic E-state index is 11.8. The number of hydrogen-bond donors (Lipinski definition) is 3. The summed E-state index contributed by atoms with van der Waals surface area (Å²) in [5.74, 6) is 2.64. The standard InChI is InChI=1S/C21H31N7O3/c1-13-26-27-19-18(22-9-7-8-10-23-20(29)25-21(2,3)4)24-14-11-16(30-5)17(31-6)12-15(14)28(13)19/h11-12H,7-10H2,1-6H3,(H,22,24)(H2,23,25,29). The fraction of sp³-hybridized carbons (Fsp3) is 0.524. The number of urea groups is 1. The van der Waals surface area contributed by atoms with Crippen LogP contribution in [-0.4, -0.2) is 58.5 Å². The molecule has 0 radical (unpaired) electrons. The van der Waals surface area contributed by atoms with E-state index in [1.807, 2.05) is 44.2 Å². The van der Waals surface area contributed by atoms with Crippen LogP contribution in [0.25, 0.3) is 16.7 Å². The number of aryl methyl sites for hydroxylation is 1. The van der Waals surface area contributed by atoms with Crippen molar-refractivity contribution >= 4 is 28.5 Å². The Morgan fingerprint density at radius 3 is 2.42 bits per heavy atom. The highest BCUT2D eigenvalue weighted by Gasteiger charge is 2.16. The topological polar surface area (TPSA) is 115 Å². The Kier molecular flexibility index (Phi) is 6.67. The van der Waals surface area contributed by atoms with E-state index in [0.29, 0.717) is 36.1 Å². The lowest BCUT2D eigenvalue weighted by atomic mass is 10.1. The number of ether oxygens (including phenoxy) is 2. The molecule has 0 atom stereocenters. The van der Waals surface area contributed by atoms with Crippen LogP contribution in [0.15, 0.2) is 12.1 Å². The number of benzene rings is 1. The van der Waals surface area contributed by atoms with Crippen LogP contribution in [0.1, 0.15) is 39.4 Å². The van der Waals surface area contributed by atoms with E-state index in [9.17, 15) is 4.79 Å². The predicted molar refractivity (Wildman–Crippen MR) is 120 cm³/mol. The van der Waals surface area contributed by atoms with E-state index in [-0.39, 0.29) is 11.6 Å². The molecule has 0 saturated carbocycles. The highest BCUT2D eigenvalue weighted by Crippen LogP contribution is 2.33. The molecule has 2 heterocycles. The molecule has 10 nitrogen and oxygen atoms in total. The lowest BCUT2D eigenvalue weighted by molar-refractivity contribution is 0.232. The molecule has 0 fully saturated rings. The zero-order valence-corrected chi connectivity index (χ0v) is 19.0. The molecule has 0 aliphatic heterocycles. The molecule has 3 N–H and O–H groups in total. The number of unbranched alkanes of at least 4 members (excludes halogenated alkanes) is 1. The van der Waals surface area contributed by atoms with Gasteiger partial charge in [-0.05, 0) is 40.5 Å². The van der Waals surface area contributed by atoms with Crippen molar-refractivity contribution in [2.75, 3.05) is 32.6 Å². The molecule has 168 valence electrons. The fourth-order valence-electron chi connectivity index (χ4n) is 3.26. The quantitative estimate of drug-likeness (QED) is 0.472. The van der Waals surface area contributed by atoms with Gasteiger partial charge in [0.05, 0.1) is 25.3 Å². The molecule has 0 saturated heterocycles. The molecule has 0 aliphatic carbocycles. The van der Waals surface area contributed by atoms with Gasteiger partial charge >= 0.3 is 6.03 Å². The molecule has 3 rings (SSSR count). The number of hydrogen-bond acceptors (Lipinski definition) is 7. The summed E-state index contributed by atoms with van der Waals surface area (Å²) in [5, 5.41) is 17.6. The third-order valence-corrected chi connectivity index (χ3v) is 4.66. The largest absolute Gasteiger partial charge is 0.493 e. The third-order valence-electron chi connectivity index (χ3n) is 4.66. The van der Waals surface area contributed by atoms with E-state index in [2.05, 4.69) is 26.1 Å². The van der Waals surface area contributed by atoms with Gasteiger partial charge in [-0.1, -0.05) is 0 Å². The summed E-state index contributed by atoms with van der Waals surface area (Å²) >= 11 is 0. The number of anilines is 1. The van der Waals surface area contributed by atoms with Crippen LogP contribution in [0.3, 0.4) is 0 Å². The zero-order valence-electron chi connectivity index (χ0n) is 19.0. The minimum Gasteiger partial charge on any atom is -0.493 e. The highest BCUT2D eigenvalue weighted by atomic mass is 16.5. The second kappa shape index (κ2) is 9.23. The van der Waals surface area contributed by atoms with Gasteiger partial charge in [0.15, 0.2) is 17.3 Å². The van der Waals surface area contributed by atoms with E-state index in [1.54, 1.807) is 14.2 Å². The summed E-state index contributed by atoms with van der Waals surface area (Å²) in [4.78, 5) is 16.5. The minimum absolute atomic E-state index is 0.151. The lowest BCUT2D eigenvalue weighted by Crippen LogP contribution is -2.46. The van der Waals surface area contributed by atoms with Crippen LogP contribution in [0, 0.1) is 6.92 Å². The predicted octanol–water partition coefficient (Wildman–Crippen LogP) is 2.89. The number of carbonyl (C=O) groups excluding carboxylic acids is 1. The summed E-state index contributed by atoms with van der Waals surface area (Å²) in [6, 6.07) is 3.57. The zero-order chi connectivity index (χ0) is 22.6. The SMILES string of the molecule is COc1cc2nc(NCCCCNC(=O)NC(C)(C)C)c3nnc(C)n3c2cc1OC. The smallest absolute Gasteiger partial charge is 0.315 e. The average molecular weight is 430 g/mol. The maximum Gasteiger partial charge on any atom is 0.315 e. The molecule has 0 spiro atoms. The van der Waals surface area contributed by atoms with Crippen LogP contribution in [0.2, 0.25) is 0 Å². The van der Waals surface area contributed by atoms with Crippen molar-refractivity contribution in [3.05, 3.63) is 18.0 Å². The highest BCUT2D eigenvalue weighted by molar-refractivity contribution is 5.85. The summed E-state index contributed by atoms with van der Waals surface area (Å²) in [6.07, 6.45) is 1.70. The molecular weight excluding hydrogens is 398 g/mol. The van der Waals surface area contributed by atoms with Gasteiger partial charge in [-0.3, -0.25) is 4.40 Å². The second-order valence-electron chi connectivity index (χ2n) is 8.33. The van der Waals surface area contributed by atoms with Crippen LogP contribution in [0.4, 0.5) is 10.6 Å². The van der Waals surface area contributed by atoms with Gasteiger partial charge in [-0.25, -0.2) is 9.78 Å². The molecule has 0 unspecified atom stereocenters. The molecule has 0 bridgehead atoms. The number of nitrogens with zero attached hydrogens (tertiary/aromatic N) is 4. The molecule has 1 aromatic carbocycles. The van der Waals surface area contributed by atoms with Gasteiger partial charge in [0, 0.05) is 30.8 Å². The summed E-state index contributed by atoms with van der Waals surface area (Å²) < 4.78 is 12.8. The molecule has 2 amide bonds. The van der Waals surface area contributed by atoms with Crippen molar-refractivity contribution in [3.63, 3.8) is 0 Å². The van der Waals surface area contributed by atoms with E-state index in [0.717, 1.165) is 29.7 Å². The van der Waals surface area contributed by atoms with E-state index < -0.39 is 0 Å². The monoisotopic (exact) mass is 429 g/mol. The third kappa shape index (κ3) is 5.25. The Morgan fingerprint density at radius 1 is 1.06 bits per heavy atom. The van der Waals surface area contributed by atoms with Crippen molar-refractivity contribution in [1.82, 2.24) is 30.2 Å². The Labute approximate surface area is 181 Å². The summed E-state index contributed by atoms with van der Waals surface area (Å²) in [7, 11) is 3.20. The first-order valence-corrected chi connectivity index (χ1v) is 10.3. The Morgan fingerprint density at radius 2 is 1.74 bits per heavy atom. The number of rotatable bonds is 8. The van der Waals surface area contributed by atoms with Gasteiger partial charge in [0.25, 0.3) is 0 Å². The van der Waals surface area contributed by atoms with Crippen molar-refractivity contribution in [2.45, 2.75) is 46.1 Å². The average Bonchev–Trinajstić information content (AvgIpc) is 3.10. The Bertz CT molecular complexity index is 1070. The molecule has 0 aliphatic rings. The van der Waals surface area contributed by atoms with Gasteiger partial charge in [-0.2, -0.15) is 0 Å². The molecule has 10 heteroatoms. The van der Waals surface area contributed by atoms with Crippen molar-refractivity contribution in [3.8, 4) is 11.5 Å². The number of aromatic nitrogens is 4. The number of methoxy groups -OCH3 is 2. The Balaban J connectivity index is 1.69. The Hall–Kier alpha value is -3.30. The first-order valence-electron chi connectivity index (χ1n) is 10.3. The maximum absolute atomic E-state index is 11.8. The fourth-order valence-corrected chi connectivity index (χ4v) is 3.26. The first kappa shape index (κ1) is 22.4. The second-order valence-corrected chi connectivity index (χ2v) is 8.33. The van der Waals surface area contributed by atoms with Crippen molar-refractivity contribution in [2.24, 2.45) is 0 Å². The van der Waals surface area contributed by atoms with E-state index in [1.165, 1.54) is 0 Å². The van der Waals surface area contributed by atoms with Gasteiger partial charge in [-0.15, -0.1) is 10.2 Å². The molecule has 31 heavy (non-hydrogen) atoms. The van der Waals surface area contributed by atoms with Crippen molar-refractivity contribution < 1.29 is 14.3 Å². The van der Waals surface area contributed by atoms with Crippen LogP contribution in [-0.2, 0) is 0 Å². The molecule has 3 aromatic rings. The number of amides is 2. The van der Waals surface area contributed by atoms with Crippen LogP contribution >= 0.6 is 0 Å². The first-order chi connectivity index (χ1) is 14.7. The molecular formula is C21H31N7O3. The summed E-state index contributed by atoms with van der Waals surface area (Å²) in [5.41, 5.74) is 1.99. The number of carbonyl (C=O) groups is 1. The lowest BCUT2D eigenvalue weighted by Gasteiger charge is -2.20. The van der Waals surface area contributed by atoms with Gasteiger partial charge in [0.2, 0.25) is 5.65 Å². The van der Waals surface area contributed by atoms with Gasteiger partial charge < -0.3 is 25.4 Å².